The number of imidazole rings is 1. The van der Waals surface area contributed by atoms with E-state index < -0.39 is 0 Å². The van der Waals surface area contributed by atoms with Crippen LogP contribution in [0.25, 0.3) is 11.0 Å². The molecule has 0 aliphatic carbocycles. The van der Waals surface area contributed by atoms with Crippen LogP contribution in [0.4, 0.5) is 0 Å². The number of aliphatic imine (C=N–C) groups is 1. The third-order valence-corrected chi connectivity index (χ3v) is 5.56. The zero-order chi connectivity index (χ0) is 22.3. The SMILES string of the molecule is Cc1nnc(CNC(=NCc2ccccc2)NCCCn2c(C)nc3ccccc32)n1C. The third-order valence-electron chi connectivity index (χ3n) is 5.56. The minimum Gasteiger partial charge on any atom is -0.356 e. The lowest BCUT2D eigenvalue weighted by Gasteiger charge is -2.13. The molecule has 32 heavy (non-hydrogen) atoms. The summed E-state index contributed by atoms with van der Waals surface area (Å²) in [5, 5.41) is 15.2. The molecule has 8 heteroatoms. The molecule has 0 atom stereocenters. The Morgan fingerprint density at radius 1 is 0.938 bits per heavy atom. The molecule has 166 valence electrons. The molecule has 0 spiro atoms. The Morgan fingerprint density at radius 2 is 1.72 bits per heavy atom. The van der Waals surface area contributed by atoms with Gasteiger partial charge in [-0.2, -0.15) is 0 Å². The first-order valence-electron chi connectivity index (χ1n) is 10.9. The number of guanidine groups is 1. The van der Waals surface area contributed by atoms with Crippen LogP contribution in [-0.4, -0.2) is 36.8 Å². The first-order chi connectivity index (χ1) is 15.6. The van der Waals surface area contributed by atoms with Crippen LogP contribution in [0.3, 0.4) is 0 Å². The molecule has 4 rings (SSSR count). The summed E-state index contributed by atoms with van der Waals surface area (Å²) in [6.07, 6.45) is 0.955. The van der Waals surface area contributed by atoms with Crippen molar-refractivity contribution < 1.29 is 0 Å². The first-order valence-corrected chi connectivity index (χ1v) is 10.9. The Kier molecular flexibility index (Phi) is 6.79. The van der Waals surface area contributed by atoms with E-state index in [4.69, 9.17) is 4.99 Å². The second-order valence-electron chi connectivity index (χ2n) is 7.81. The van der Waals surface area contributed by atoms with E-state index in [0.717, 1.165) is 48.5 Å². The van der Waals surface area contributed by atoms with Crippen molar-refractivity contribution in [1.29, 1.82) is 0 Å². The molecule has 0 amide bonds. The number of benzene rings is 2. The highest BCUT2D eigenvalue weighted by Crippen LogP contribution is 2.15. The van der Waals surface area contributed by atoms with E-state index in [9.17, 15) is 0 Å². The van der Waals surface area contributed by atoms with Crippen molar-refractivity contribution in [2.75, 3.05) is 6.54 Å². The predicted octanol–water partition coefficient (Wildman–Crippen LogP) is 3.11. The number of fused-ring (bicyclic) bond motifs is 1. The monoisotopic (exact) mass is 430 g/mol. The fourth-order valence-electron chi connectivity index (χ4n) is 3.62. The van der Waals surface area contributed by atoms with Crippen LogP contribution in [0.2, 0.25) is 0 Å². The molecule has 2 aromatic heterocycles. The van der Waals surface area contributed by atoms with E-state index in [0.29, 0.717) is 13.1 Å². The molecular weight excluding hydrogens is 400 g/mol. The lowest BCUT2D eigenvalue weighted by atomic mass is 10.2. The van der Waals surface area contributed by atoms with Crippen molar-refractivity contribution in [1.82, 2.24) is 34.9 Å². The highest BCUT2D eigenvalue weighted by molar-refractivity contribution is 5.79. The summed E-state index contributed by atoms with van der Waals surface area (Å²) in [5.41, 5.74) is 3.39. The fourth-order valence-corrected chi connectivity index (χ4v) is 3.62. The number of aromatic nitrogens is 5. The van der Waals surface area contributed by atoms with Gasteiger partial charge in [0.25, 0.3) is 0 Å². The van der Waals surface area contributed by atoms with Gasteiger partial charge in [0.15, 0.2) is 11.8 Å². The van der Waals surface area contributed by atoms with E-state index in [2.05, 4.69) is 67.6 Å². The molecule has 4 aromatic rings. The molecule has 0 saturated carbocycles. The highest BCUT2D eigenvalue weighted by Gasteiger charge is 2.08. The van der Waals surface area contributed by atoms with Gasteiger partial charge in [0.2, 0.25) is 0 Å². The number of aryl methyl sites for hydroxylation is 3. The zero-order valence-corrected chi connectivity index (χ0v) is 18.9. The van der Waals surface area contributed by atoms with Gasteiger partial charge in [-0.1, -0.05) is 42.5 Å². The molecule has 2 aromatic carbocycles. The van der Waals surface area contributed by atoms with Crippen LogP contribution >= 0.6 is 0 Å². The van der Waals surface area contributed by atoms with Crippen LogP contribution in [-0.2, 0) is 26.7 Å². The summed E-state index contributed by atoms with van der Waals surface area (Å²) in [5.74, 6) is 3.57. The van der Waals surface area contributed by atoms with Gasteiger partial charge in [0.1, 0.15) is 11.6 Å². The van der Waals surface area contributed by atoms with E-state index in [1.54, 1.807) is 0 Å². The van der Waals surface area contributed by atoms with Crippen LogP contribution in [0.5, 0.6) is 0 Å². The van der Waals surface area contributed by atoms with Gasteiger partial charge >= 0.3 is 0 Å². The Morgan fingerprint density at radius 3 is 2.50 bits per heavy atom. The number of hydrogen-bond acceptors (Lipinski definition) is 4. The minimum atomic E-state index is 0.559. The smallest absolute Gasteiger partial charge is 0.191 e. The van der Waals surface area contributed by atoms with Gasteiger partial charge in [-0.05, 0) is 38.0 Å². The van der Waals surface area contributed by atoms with Crippen LogP contribution in [0.1, 0.15) is 29.5 Å². The first kappa shape index (κ1) is 21.5. The number of nitrogens with one attached hydrogen (secondary N) is 2. The molecule has 0 aliphatic rings. The molecular formula is C24H30N8. The zero-order valence-electron chi connectivity index (χ0n) is 18.9. The maximum atomic E-state index is 4.77. The lowest BCUT2D eigenvalue weighted by Crippen LogP contribution is -2.38. The molecule has 0 radical (unpaired) electrons. The third kappa shape index (κ3) is 5.14. The van der Waals surface area contributed by atoms with Gasteiger partial charge in [-0.3, -0.25) is 0 Å². The maximum Gasteiger partial charge on any atom is 0.191 e. The molecule has 2 heterocycles. The standard InChI is InChI=1S/C24H30N8/c1-18-28-21-12-7-8-13-22(21)32(18)15-9-14-25-24(26-16-20-10-5-4-6-11-20)27-17-23-30-29-19(2)31(23)3/h4-8,10-13H,9,14-17H2,1-3H3,(H2,25,26,27). The lowest BCUT2D eigenvalue weighted by molar-refractivity contribution is 0.621. The average molecular weight is 431 g/mol. The number of hydrogen-bond donors (Lipinski definition) is 2. The van der Waals surface area contributed by atoms with Gasteiger partial charge in [-0.15, -0.1) is 10.2 Å². The van der Waals surface area contributed by atoms with Gasteiger partial charge < -0.3 is 19.8 Å². The molecule has 0 fully saturated rings. The summed E-state index contributed by atoms with van der Waals surface area (Å²) in [7, 11) is 1.97. The summed E-state index contributed by atoms with van der Waals surface area (Å²) in [6, 6.07) is 18.5. The summed E-state index contributed by atoms with van der Waals surface area (Å²) in [6.45, 7) is 6.87. The van der Waals surface area contributed by atoms with Crippen molar-refractivity contribution in [3.05, 3.63) is 77.6 Å². The normalized spacial score (nSPS) is 11.8. The highest BCUT2D eigenvalue weighted by atomic mass is 15.3. The van der Waals surface area contributed by atoms with Gasteiger partial charge in [0, 0.05) is 20.1 Å². The molecule has 2 N–H and O–H groups in total. The van der Waals surface area contributed by atoms with E-state index in [1.165, 1.54) is 11.1 Å². The van der Waals surface area contributed by atoms with Crippen LogP contribution in [0, 0.1) is 13.8 Å². The van der Waals surface area contributed by atoms with Crippen LogP contribution in [0.15, 0.2) is 59.6 Å². The van der Waals surface area contributed by atoms with Crippen molar-refractivity contribution >= 4 is 17.0 Å². The molecule has 0 bridgehead atoms. The van der Waals surface area contributed by atoms with Crippen molar-refractivity contribution in [2.24, 2.45) is 12.0 Å². The van der Waals surface area contributed by atoms with Gasteiger partial charge in [-0.25, -0.2) is 9.98 Å². The summed E-state index contributed by atoms with van der Waals surface area (Å²) in [4.78, 5) is 9.42. The van der Waals surface area contributed by atoms with E-state index >= 15 is 0 Å². The largest absolute Gasteiger partial charge is 0.356 e. The number of nitrogens with zero attached hydrogens (tertiary/aromatic N) is 6. The topological polar surface area (TPSA) is 84.9 Å². The Hall–Kier alpha value is -3.68. The molecule has 0 unspecified atom stereocenters. The summed E-state index contributed by atoms with van der Waals surface area (Å²) >= 11 is 0. The van der Waals surface area contributed by atoms with Gasteiger partial charge in [0.05, 0.1) is 24.1 Å². The van der Waals surface area contributed by atoms with Crippen LogP contribution < -0.4 is 10.6 Å². The van der Waals surface area contributed by atoms with Crippen molar-refractivity contribution in [3.63, 3.8) is 0 Å². The van der Waals surface area contributed by atoms with E-state index in [-0.39, 0.29) is 0 Å². The number of rotatable bonds is 8. The fraction of sp³-hybridized carbons (Fsp3) is 0.333. The molecule has 8 nitrogen and oxygen atoms in total. The number of para-hydroxylation sites is 2. The molecule has 0 aliphatic heterocycles. The second-order valence-corrected chi connectivity index (χ2v) is 7.81. The minimum absolute atomic E-state index is 0.559. The average Bonchev–Trinajstić information content (AvgIpc) is 3.31. The quantitative estimate of drug-likeness (QED) is 0.255. The Balaban J connectivity index is 1.37. The second kappa shape index (κ2) is 10.1. The summed E-state index contributed by atoms with van der Waals surface area (Å²) < 4.78 is 4.25. The molecule has 0 saturated heterocycles. The maximum absolute atomic E-state index is 4.77. The van der Waals surface area contributed by atoms with Crippen molar-refractivity contribution in [3.8, 4) is 0 Å². The van der Waals surface area contributed by atoms with E-state index in [1.807, 2.05) is 42.8 Å². The Labute approximate surface area is 188 Å². The predicted molar refractivity (Wildman–Crippen MR) is 127 cm³/mol. The Bertz CT molecular complexity index is 1190. The van der Waals surface area contributed by atoms with Crippen molar-refractivity contribution in [2.45, 2.75) is 39.9 Å².